The van der Waals surface area contributed by atoms with Gasteiger partial charge in [-0.3, -0.25) is 0 Å². The molecule has 1 aliphatic rings. The topological polar surface area (TPSA) is 50.4 Å². The molecule has 1 amide bonds. The lowest BCUT2D eigenvalue weighted by molar-refractivity contribution is 0.0475. The molecule has 4 nitrogen and oxygen atoms in total. The van der Waals surface area contributed by atoms with Crippen molar-refractivity contribution in [2.45, 2.75) is 58.2 Å². The van der Waals surface area contributed by atoms with Crippen LogP contribution in [0, 0.1) is 12.7 Å². The van der Waals surface area contributed by atoms with Crippen LogP contribution in [0.1, 0.15) is 39.2 Å². The summed E-state index contributed by atoms with van der Waals surface area (Å²) in [5, 5.41) is 6.19. The van der Waals surface area contributed by atoms with Crippen molar-refractivity contribution >= 4 is 11.8 Å². The molecule has 116 valence electrons. The standard InChI is InChI=1S/C16H23FN2O2/c1-10-7-11(5-6-14(10)17)18-12-8-13(9-12)19-15(20)21-16(2,3)4/h5-7,12-13,18H,8-9H2,1-4H3,(H,19,20). The number of anilines is 1. The second-order valence-corrected chi connectivity index (χ2v) is 6.62. The highest BCUT2D eigenvalue weighted by atomic mass is 19.1. The summed E-state index contributed by atoms with van der Waals surface area (Å²) in [6, 6.07) is 5.43. The van der Waals surface area contributed by atoms with Crippen molar-refractivity contribution in [1.82, 2.24) is 5.32 Å². The van der Waals surface area contributed by atoms with Crippen molar-refractivity contribution in [3.63, 3.8) is 0 Å². The molecule has 5 heteroatoms. The van der Waals surface area contributed by atoms with Gasteiger partial charge in [-0.05, 0) is 64.3 Å². The van der Waals surface area contributed by atoms with Gasteiger partial charge in [0.25, 0.3) is 0 Å². The monoisotopic (exact) mass is 294 g/mol. The Bertz CT molecular complexity index is 519. The van der Waals surface area contributed by atoms with E-state index in [9.17, 15) is 9.18 Å². The highest BCUT2D eigenvalue weighted by Gasteiger charge is 2.31. The zero-order chi connectivity index (χ0) is 15.6. The summed E-state index contributed by atoms with van der Waals surface area (Å²) in [6.07, 6.45) is 1.31. The third-order valence-electron chi connectivity index (χ3n) is 3.39. The van der Waals surface area contributed by atoms with Crippen LogP contribution in [0.25, 0.3) is 0 Å². The first-order valence-electron chi connectivity index (χ1n) is 7.25. The molecule has 0 aromatic heterocycles. The molecular weight excluding hydrogens is 271 g/mol. The largest absolute Gasteiger partial charge is 0.444 e. The van der Waals surface area contributed by atoms with E-state index in [1.807, 2.05) is 20.8 Å². The summed E-state index contributed by atoms with van der Waals surface area (Å²) in [5.74, 6) is -0.196. The van der Waals surface area contributed by atoms with Crippen LogP contribution < -0.4 is 10.6 Å². The maximum atomic E-state index is 13.2. The zero-order valence-electron chi connectivity index (χ0n) is 13.0. The lowest BCUT2D eigenvalue weighted by Gasteiger charge is -2.37. The molecule has 1 aromatic carbocycles. The van der Waals surface area contributed by atoms with E-state index in [-0.39, 0.29) is 18.0 Å². The molecule has 2 rings (SSSR count). The first kappa shape index (κ1) is 15.6. The van der Waals surface area contributed by atoms with Crippen molar-refractivity contribution in [3.8, 4) is 0 Å². The normalized spacial score (nSPS) is 21.4. The van der Waals surface area contributed by atoms with Crippen molar-refractivity contribution in [1.29, 1.82) is 0 Å². The fourth-order valence-electron chi connectivity index (χ4n) is 2.30. The second-order valence-electron chi connectivity index (χ2n) is 6.62. The molecule has 0 radical (unpaired) electrons. The lowest BCUT2D eigenvalue weighted by Crippen LogP contribution is -2.50. The molecule has 1 aromatic rings. The average molecular weight is 294 g/mol. The molecule has 2 N–H and O–H groups in total. The molecule has 1 aliphatic carbocycles. The first-order valence-corrected chi connectivity index (χ1v) is 7.25. The molecule has 0 aliphatic heterocycles. The third-order valence-corrected chi connectivity index (χ3v) is 3.39. The minimum Gasteiger partial charge on any atom is -0.444 e. The van der Waals surface area contributed by atoms with Gasteiger partial charge in [0.2, 0.25) is 0 Å². The van der Waals surface area contributed by atoms with Crippen LogP contribution in [0.5, 0.6) is 0 Å². The number of nitrogens with one attached hydrogen (secondary N) is 2. The summed E-state index contributed by atoms with van der Waals surface area (Å²) in [7, 11) is 0. The Balaban J connectivity index is 1.74. The smallest absolute Gasteiger partial charge is 0.407 e. The summed E-state index contributed by atoms with van der Waals surface area (Å²) in [4.78, 5) is 11.6. The molecule has 1 fully saturated rings. The maximum Gasteiger partial charge on any atom is 0.407 e. The van der Waals surface area contributed by atoms with Crippen LogP contribution in [-0.4, -0.2) is 23.8 Å². The zero-order valence-corrected chi connectivity index (χ0v) is 13.0. The Morgan fingerprint density at radius 3 is 2.52 bits per heavy atom. The molecule has 0 saturated heterocycles. The van der Waals surface area contributed by atoms with Crippen LogP contribution in [0.15, 0.2) is 18.2 Å². The Morgan fingerprint density at radius 2 is 1.95 bits per heavy atom. The fourth-order valence-corrected chi connectivity index (χ4v) is 2.30. The van der Waals surface area contributed by atoms with E-state index in [1.54, 1.807) is 19.1 Å². The van der Waals surface area contributed by atoms with Gasteiger partial charge in [0, 0.05) is 17.8 Å². The number of alkyl carbamates (subject to hydrolysis) is 1. The van der Waals surface area contributed by atoms with Crippen molar-refractivity contribution in [2.75, 3.05) is 5.32 Å². The fraction of sp³-hybridized carbons (Fsp3) is 0.562. The van der Waals surface area contributed by atoms with Gasteiger partial charge in [-0.2, -0.15) is 0 Å². The molecule has 0 bridgehead atoms. The molecule has 0 atom stereocenters. The number of hydrogen-bond acceptors (Lipinski definition) is 3. The summed E-state index contributed by atoms with van der Waals surface area (Å²) >= 11 is 0. The molecule has 21 heavy (non-hydrogen) atoms. The van der Waals surface area contributed by atoms with Crippen LogP contribution >= 0.6 is 0 Å². The van der Waals surface area contributed by atoms with Crippen LogP contribution in [0.4, 0.5) is 14.9 Å². The van der Waals surface area contributed by atoms with Crippen LogP contribution in [0.2, 0.25) is 0 Å². The van der Waals surface area contributed by atoms with Gasteiger partial charge in [-0.15, -0.1) is 0 Å². The SMILES string of the molecule is Cc1cc(NC2CC(NC(=O)OC(C)(C)C)C2)ccc1F. The van der Waals surface area contributed by atoms with Gasteiger partial charge in [-0.1, -0.05) is 0 Å². The van der Waals surface area contributed by atoms with E-state index in [0.29, 0.717) is 11.6 Å². The minimum absolute atomic E-state index is 0.138. The summed E-state index contributed by atoms with van der Waals surface area (Å²) in [6.45, 7) is 7.27. The molecular formula is C16H23FN2O2. The molecule has 0 unspecified atom stereocenters. The van der Waals surface area contributed by atoms with Gasteiger partial charge in [0.05, 0.1) is 0 Å². The number of ether oxygens (including phenoxy) is 1. The lowest BCUT2D eigenvalue weighted by atomic mass is 9.86. The highest BCUT2D eigenvalue weighted by molar-refractivity contribution is 5.68. The molecule has 0 heterocycles. The Labute approximate surface area is 125 Å². The summed E-state index contributed by atoms with van der Waals surface area (Å²) < 4.78 is 18.4. The van der Waals surface area contributed by atoms with Gasteiger partial charge < -0.3 is 15.4 Å². The first-order chi connectivity index (χ1) is 9.73. The van der Waals surface area contributed by atoms with Gasteiger partial charge in [0.1, 0.15) is 11.4 Å². The summed E-state index contributed by atoms with van der Waals surface area (Å²) in [5.41, 5.74) is 1.06. The van der Waals surface area contributed by atoms with Crippen LogP contribution in [0.3, 0.4) is 0 Å². The van der Waals surface area contributed by atoms with E-state index in [2.05, 4.69) is 10.6 Å². The third kappa shape index (κ3) is 4.62. The van der Waals surface area contributed by atoms with Crippen molar-refractivity contribution in [2.24, 2.45) is 0 Å². The van der Waals surface area contributed by atoms with E-state index < -0.39 is 5.60 Å². The van der Waals surface area contributed by atoms with Gasteiger partial charge in [-0.25, -0.2) is 9.18 Å². The van der Waals surface area contributed by atoms with E-state index >= 15 is 0 Å². The molecule has 1 saturated carbocycles. The van der Waals surface area contributed by atoms with Gasteiger partial charge in [0.15, 0.2) is 0 Å². The number of carbonyl (C=O) groups is 1. The van der Waals surface area contributed by atoms with E-state index in [1.165, 1.54) is 6.07 Å². The molecule has 0 spiro atoms. The Hall–Kier alpha value is -1.78. The predicted molar refractivity (Wildman–Crippen MR) is 80.9 cm³/mol. The van der Waals surface area contributed by atoms with Crippen molar-refractivity contribution < 1.29 is 13.9 Å². The number of amides is 1. The van der Waals surface area contributed by atoms with E-state index in [0.717, 1.165) is 18.5 Å². The Morgan fingerprint density at radius 1 is 1.29 bits per heavy atom. The van der Waals surface area contributed by atoms with Crippen LogP contribution in [-0.2, 0) is 4.74 Å². The number of benzene rings is 1. The maximum absolute atomic E-state index is 13.2. The number of halogens is 1. The highest BCUT2D eigenvalue weighted by Crippen LogP contribution is 2.25. The number of rotatable bonds is 3. The quantitative estimate of drug-likeness (QED) is 0.895. The number of hydrogen-bond donors (Lipinski definition) is 2. The predicted octanol–water partition coefficient (Wildman–Crippen LogP) is 3.60. The van der Waals surface area contributed by atoms with E-state index in [4.69, 9.17) is 4.74 Å². The minimum atomic E-state index is -0.475. The van der Waals surface area contributed by atoms with Crippen molar-refractivity contribution in [3.05, 3.63) is 29.6 Å². The number of carbonyl (C=O) groups excluding carboxylic acids is 1. The van der Waals surface area contributed by atoms with Gasteiger partial charge >= 0.3 is 6.09 Å². The number of aryl methyl sites for hydroxylation is 1. The average Bonchev–Trinajstić information content (AvgIpc) is 2.28. The Kier molecular flexibility index (Phi) is 4.40. The second kappa shape index (κ2) is 5.92.